The summed E-state index contributed by atoms with van der Waals surface area (Å²) in [5, 5.41) is 0. The van der Waals surface area contributed by atoms with Gasteiger partial charge >= 0.3 is 8.60 Å². The van der Waals surface area contributed by atoms with Crippen molar-refractivity contribution in [1.29, 1.82) is 0 Å². The number of hydrogen-bond acceptors (Lipinski definition) is 11. The number of fused-ring (bicyclic) bond motifs is 1. The molecule has 0 atom stereocenters. The molecule has 14 heteroatoms. The van der Waals surface area contributed by atoms with Crippen molar-refractivity contribution in [2.45, 2.75) is 6.54 Å². The topological polar surface area (TPSA) is 176 Å². The average Bonchev–Trinajstić information content (AvgIpc) is 3.07. The van der Waals surface area contributed by atoms with Gasteiger partial charge in [0, 0.05) is 6.54 Å². The third-order valence-electron chi connectivity index (χ3n) is 3.52. The highest BCUT2D eigenvalue weighted by atomic mass is 31.2. The average molecular weight is 435 g/mol. The number of nitrogens with two attached hydrogens (primary N) is 1. The van der Waals surface area contributed by atoms with Crippen LogP contribution in [-0.2, 0) is 30.0 Å². The van der Waals surface area contributed by atoms with E-state index in [0.29, 0.717) is 58.4 Å². The van der Waals surface area contributed by atoms with Crippen molar-refractivity contribution in [1.82, 2.24) is 19.5 Å². The molecule has 0 unspecified atom stereocenters. The maximum Gasteiger partial charge on any atom is 0.327 e. The summed E-state index contributed by atoms with van der Waals surface area (Å²) in [5.74, 6) is 0.0450. The SMILES string of the molecule is Nc1nc2c(ncn2CCOCCOCCOCCOCCOP(O)O)c(=O)[nH]1. The summed E-state index contributed by atoms with van der Waals surface area (Å²) >= 11 is 0. The molecule has 0 saturated carbocycles. The molecule has 0 aliphatic rings. The van der Waals surface area contributed by atoms with Gasteiger partial charge < -0.3 is 43.6 Å². The van der Waals surface area contributed by atoms with E-state index >= 15 is 0 Å². The largest absolute Gasteiger partial charge is 0.377 e. The van der Waals surface area contributed by atoms with Gasteiger partial charge in [0.05, 0.1) is 65.8 Å². The smallest absolute Gasteiger partial charge is 0.327 e. The normalized spacial score (nSPS) is 11.7. The van der Waals surface area contributed by atoms with Gasteiger partial charge in [0.25, 0.3) is 5.56 Å². The number of nitrogen functional groups attached to an aromatic ring is 1. The predicted molar refractivity (Wildman–Crippen MR) is 103 cm³/mol. The van der Waals surface area contributed by atoms with E-state index in [-0.39, 0.29) is 30.2 Å². The fourth-order valence-electron chi connectivity index (χ4n) is 2.24. The third kappa shape index (κ3) is 9.10. The first-order valence-electron chi connectivity index (χ1n) is 8.90. The van der Waals surface area contributed by atoms with Gasteiger partial charge in [-0.1, -0.05) is 0 Å². The molecule has 0 aliphatic heterocycles. The second-order valence-corrected chi connectivity index (χ2v) is 6.36. The molecule has 2 rings (SSSR count). The van der Waals surface area contributed by atoms with Crippen molar-refractivity contribution in [2.75, 3.05) is 65.2 Å². The van der Waals surface area contributed by atoms with Gasteiger partial charge in [-0.15, -0.1) is 0 Å². The number of ether oxygens (including phenoxy) is 4. The molecular weight excluding hydrogens is 409 g/mol. The number of hydrogen-bond donors (Lipinski definition) is 4. The van der Waals surface area contributed by atoms with Crippen LogP contribution < -0.4 is 11.3 Å². The Kier molecular flexibility index (Phi) is 11.0. The van der Waals surface area contributed by atoms with Crippen molar-refractivity contribution in [2.24, 2.45) is 0 Å². The van der Waals surface area contributed by atoms with Crippen LogP contribution in [0.25, 0.3) is 11.2 Å². The number of aromatic nitrogens is 4. The minimum atomic E-state index is -2.32. The maximum atomic E-state index is 11.7. The van der Waals surface area contributed by atoms with Crippen LogP contribution in [0, 0.1) is 0 Å². The zero-order valence-corrected chi connectivity index (χ0v) is 16.8. The summed E-state index contributed by atoms with van der Waals surface area (Å²) in [6.07, 6.45) is 1.52. The standard InChI is InChI=1S/C15H26N5O8P/c16-15-18-13-12(14(21)19-15)17-11-20(13)1-2-24-3-4-25-5-6-26-7-8-27-9-10-28-29(22)23/h11,22-23H,1-10H2,(H3,16,18,19,21). The second kappa shape index (κ2) is 13.5. The molecule has 0 radical (unpaired) electrons. The maximum absolute atomic E-state index is 11.7. The zero-order chi connectivity index (χ0) is 20.9. The number of anilines is 1. The van der Waals surface area contributed by atoms with Crippen molar-refractivity contribution < 1.29 is 33.3 Å². The Morgan fingerprint density at radius 2 is 1.52 bits per heavy atom. The quantitative estimate of drug-likeness (QED) is 0.188. The van der Waals surface area contributed by atoms with Crippen molar-refractivity contribution in [3.05, 3.63) is 16.7 Å². The molecule has 13 nitrogen and oxygen atoms in total. The van der Waals surface area contributed by atoms with Crippen LogP contribution in [0.5, 0.6) is 0 Å². The predicted octanol–water partition coefficient (Wildman–Crippen LogP) is -1.00. The Balaban J connectivity index is 1.42. The highest BCUT2D eigenvalue weighted by Gasteiger charge is 2.08. The van der Waals surface area contributed by atoms with Gasteiger partial charge in [0.2, 0.25) is 5.95 Å². The minimum Gasteiger partial charge on any atom is -0.377 e. The lowest BCUT2D eigenvalue weighted by molar-refractivity contribution is -0.00547. The summed E-state index contributed by atoms with van der Waals surface area (Å²) < 4.78 is 27.6. The van der Waals surface area contributed by atoms with E-state index in [9.17, 15) is 4.79 Å². The monoisotopic (exact) mass is 435 g/mol. The Morgan fingerprint density at radius 1 is 0.966 bits per heavy atom. The molecule has 0 spiro atoms. The fourth-order valence-corrected chi connectivity index (χ4v) is 2.47. The van der Waals surface area contributed by atoms with Gasteiger partial charge in [-0.25, -0.2) is 4.98 Å². The van der Waals surface area contributed by atoms with E-state index in [0.717, 1.165) is 0 Å². The molecule has 0 fully saturated rings. The number of nitrogens with one attached hydrogen (secondary N) is 1. The van der Waals surface area contributed by atoms with E-state index < -0.39 is 8.60 Å². The van der Waals surface area contributed by atoms with E-state index in [1.54, 1.807) is 4.57 Å². The molecule has 0 aromatic carbocycles. The molecule has 5 N–H and O–H groups in total. The Morgan fingerprint density at radius 3 is 2.10 bits per heavy atom. The lowest BCUT2D eigenvalue weighted by Crippen LogP contribution is -2.14. The number of rotatable bonds is 16. The number of imidazole rings is 1. The molecule has 164 valence electrons. The Bertz CT molecular complexity index is 771. The molecule has 0 aliphatic carbocycles. The van der Waals surface area contributed by atoms with E-state index in [1.807, 2.05) is 0 Å². The van der Waals surface area contributed by atoms with Crippen molar-refractivity contribution in [3.8, 4) is 0 Å². The van der Waals surface area contributed by atoms with Crippen LogP contribution >= 0.6 is 8.60 Å². The van der Waals surface area contributed by atoms with Crippen molar-refractivity contribution >= 4 is 25.7 Å². The van der Waals surface area contributed by atoms with Gasteiger partial charge in [-0.2, -0.15) is 4.98 Å². The molecule has 0 amide bonds. The van der Waals surface area contributed by atoms with Crippen molar-refractivity contribution in [3.63, 3.8) is 0 Å². The zero-order valence-electron chi connectivity index (χ0n) is 15.9. The molecule has 29 heavy (non-hydrogen) atoms. The Labute approximate surface area is 167 Å². The van der Waals surface area contributed by atoms with Crippen LogP contribution in [0.3, 0.4) is 0 Å². The first-order chi connectivity index (χ1) is 14.1. The third-order valence-corrected chi connectivity index (χ3v) is 3.93. The molecule has 2 aromatic heterocycles. The summed E-state index contributed by atoms with van der Waals surface area (Å²) in [6.45, 7) is 3.80. The first kappa shape index (κ1) is 23.6. The Hall–Kier alpha value is -1.70. The number of H-pyrrole nitrogens is 1. The summed E-state index contributed by atoms with van der Waals surface area (Å²) in [7, 11) is -2.32. The van der Waals surface area contributed by atoms with Crippen LogP contribution in [0.1, 0.15) is 0 Å². The molecule has 0 bridgehead atoms. The highest BCUT2D eigenvalue weighted by Crippen LogP contribution is 2.23. The molecule has 2 heterocycles. The summed E-state index contributed by atoms with van der Waals surface area (Å²) in [4.78, 5) is 39.2. The van der Waals surface area contributed by atoms with Gasteiger partial charge in [0.15, 0.2) is 11.2 Å². The molecular formula is C15H26N5O8P. The lowest BCUT2D eigenvalue weighted by atomic mass is 10.5. The van der Waals surface area contributed by atoms with Gasteiger partial charge in [-0.05, 0) is 0 Å². The molecule has 2 aromatic rings. The highest BCUT2D eigenvalue weighted by molar-refractivity contribution is 7.39. The number of aromatic amines is 1. The summed E-state index contributed by atoms with van der Waals surface area (Å²) in [6, 6.07) is 0. The molecule has 0 saturated heterocycles. The fraction of sp³-hybridized carbons (Fsp3) is 0.667. The van der Waals surface area contributed by atoms with Gasteiger partial charge in [0.1, 0.15) is 0 Å². The lowest BCUT2D eigenvalue weighted by Gasteiger charge is -2.08. The number of nitrogens with zero attached hydrogens (tertiary/aromatic N) is 3. The van der Waals surface area contributed by atoms with Crippen LogP contribution in [0.15, 0.2) is 11.1 Å². The van der Waals surface area contributed by atoms with Crippen LogP contribution in [0.4, 0.5) is 5.95 Å². The summed E-state index contributed by atoms with van der Waals surface area (Å²) in [5.41, 5.74) is 5.84. The second-order valence-electron chi connectivity index (χ2n) is 5.60. The van der Waals surface area contributed by atoms with E-state index in [4.69, 9.17) is 34.5 Å². The van der Waals surface area contributed by atoms with Crippen LogP contribution in [-0.4, -0.2) is 88.8 Å². The first-order valence-corrected chi connectivity index (χ1v) is 10.1. The minimum absolute atomic E-state index is 0.0450. The van der Waals surface area contributed by atoms with Crippen LogP contribution in [0.2, 0.25) is 0 Å². The van der Waals surface area contributed by atoms with Gasteiger partial charge in [-0.3, -0.25) is 9.78 Å². The van der Waals surface area contributed by atoms with E-state index in [1.165, 1.54) is 6.33 Å². The van der Waals surface area contributed by atoms with E-state index in [2.05, 4.69) is 19.5 Å².